The Morgan fingerprint density at radius 1 is 0.966 bits per heavy atom. The Bertz CT molecular complexity index is 871. The highest BCUT2D eigenvalue weighted by Gasteiger charge is 2.27. The van der Waals surface area contributed by atoms with Gasteiger partial charge in [-0.1, -0.05) is 72.9 Å². The third kappa shape index (κ3) is 6.91. The molecule has 0 aliphatic heterocycles. The van der Waals surface area contributed by atoms with Crippen molar-refractivity contribution in [1.29, 1.82) is 0 Å². The molecule has 2 aromatic rings. The van der Waals surface area contributed by atoms with Gasteiger partial charge in [-0.15, -0.1) is 0 Å². The van der Waals surface area contributed by atoms with Gasteiger partial charge in [0, 0.05) is 28.2 Å². The number of nitrogens with one attached hydrogen (secondary N) is 1. The lowest BCUT2D eigenvalue weighted by atomic mass is 10.1. The van der Waals surface area contributed by atoms with E-state index >= 15 is 0 Å². The van der Waals surface area contributed by atoms with E-state index in [1.165, 1.54) is 4.90 Å². The fourth-order valence-corrected chi connectivity index (χ4v) is 3.45. The highest BCUT2D eigenvalue weighted by Crippen LogP contribution is 2.24. The van der Waals surface area contributed by atoms with Crippen LogP contribution in [0.4, 0.5) is 0 Å². The van der Waals surface area contributed by atoms with Crippen LogP contribution >= 0.6 is 34.8 Å². The summed E-state index contributed by atoms with van der Waals surface area (Å²) in [4.78, 5) is 27.3. The van der Waals surface area contributed by atoms with Crippen LogP contribution in [0.2, 0.25) is 15.1 Å². The molecule has 0 unspecified atom stereocenters. The predicted molar refractivity (Wildman–Crippen MR) is 119 cm³/mol. The summed E-state index contributed by atoms with van der Waals surface area (Å²) in [6.07, 6.45) is 0.0578. The van der Waals surface area contributed by atoms with Gasteiger partial charge >= 0.3 is 0 Å². The lowest BCUT2D eigenvalue weighted by Crippen LogP contribution is -2.48. The summed E-state index contributed by atoms with van der Waals surface area (Å²) in [5.74, 6) is -0.116. The first-order valence-electron chi connectivity index (χ1n) is 9.43. The molecule has 0 bridgehead atoms. The van der Waals surface area contributed by atoms with E-state index in [1.807, 2.05) is 32.0 Å². The van der Waals surface area contributed by atoms with Gasteiger partial charge < -0.3 is 10.2 Å². The lowest BCUT2D eigenvalue weighted by molar-refractivity contribution is -0.140. The van der Waals surface area contributed by atoms with Crippen molar-refractivity contribution in [2.24, 2.45) is 5.92 Å². The van der Waals surface area contributed by atoms with Gasteiger partial charge in [0.2, 0.25) is 11.8 Å². The van der Waals surface area contributed by atoms with Crippen LogP contribution in [0.1, 0.15) is 31.9 Å². The average Bonchev–Trinajstić information content (AvgIpc) is 2.67. The van der Waals surface area contributed by atoms with Gasteiger partial charge in [0.05, 0.1) is 6.42 Å². The molecule has 1 atom stereocenters. The monoisotopic (exact) mass is 454 g/mol. The second-order valence-corrected chi connectivity index (χ2v) is 8.59. The number of nitrogens with zero attached hydrogens (tertiary/aromatic N) is 1. The normalized spacial score (nSPS) is 12.0. The first-order chi connectivity index (χ1) is 13.7. The van der Waals surface area contributed by atoms with E-state index in [1.54, 1.807) is 31.2 Å². The smallest absolute Gasteiger partial charge is 0.242 e. The molecule has 1 N–H and O–H groups in total. The van der Waals surface area contributed by atoms with Gasteiger partial charge in [-0.25, -0.2) is 0 Å². The predicted octanol–water partition coefficient (Wildman–Crippen LogP) is 5.38. The van der Waals surface area contributed by atoms with Crippen LogP contribution in [0.5, 0.6) is 0 Å². The van der Waals surface area contributed by atoms with Gasteiger partial charge in [-0.05, 0) is 42.2 Å². The van der Waals surface area contributed by atoms with Crippen molar-refractivity contribution in [2.45, 2.75) is 39.8 Å². The Morgan fingerprint density at radius 3 is 2.28 bits per heavy atom. The number of halogens is 3. The molecule has 4 nitrogen and oxygen atoms in total. The number of amides is 2. The molecule has 0 saturated carbocycles. The summed E-state index contributed by atoms with van der Waals surface area (Å²) in [7, 11) is 0. The molecule has 0 radical (unpaired) electrons. The summed E-state index contributed by atoms with van der Waals surface area (Å²) in [5.41, 5.74) is 1.42. The maximum Gasteiger partial charge on any atom is 0.242 e. The van der Waals surface area contributed by atoms with Crippen molar-refractivity contribution in [2.75, 3.05) is 6.54 Å². The van der Waals surface area contributed by atoms with Crippen molar-refractivity contribution < 1.29 is 9.59 Å². The lowest BCUT2D eigenvalue weighted by Gasteiger charge is -2.29. The van der Waals surface area contributed by atoms with E-state index in [0.29, 0.717) is 33.1 Å². The number of benzene rings is 2. The zero-order valence-corrected chi connectivity index (χ0v) is 19.0. The Kier molecular flexibility index (Phi) is 8.81. The molecule has 0 fully saturated rings. The molecule has 7 heteroatoms. The molecular weight excluding hydrogens is 431 g/mol. The molecule has 0 aliphatic carbocycles. The third-order valence-electron chi connectivity index (χ3n) is 4.51. The molecule has 0 saturated heterocycles. The fourth-order valence-electron chi connectivity index (χ4n) is 2.77. The van der Waals surface area contributed by atoms with Gasteiger partial charge in [-0.2, -0.15) is 0 Å². The Morgan fingerprint density at radius 2 is 1.66 bits per heavy atom. The summed E-state index contributed by atoms with van der Waals surface area (Å²) in [6.45, 7) is 6.51. The average molecular weight is 456 g/mol. The van der Waals surface area contributed by atoms with Crippen molar-refractivity contribution in [1.82, 2.24) is 10.2 Å². The van der Waals surface area contributed by atoms with Crippen LogP contribution in [0, 0.1) is 5.92 Å². The molecule has 0 spiro atoms. The Balaban J connectivity index is 2.26. The van der Waals surface area contributed by atoms with E-state index in [4.69, 9.17) is 34.8 Å². The van der Waals surface area contributed by atoms with Crippen LogP contribution in [-0.2, 0) is 22.6 Å². The first kappa shape index (κ1) is 23.5. The second kappa shape index (κ2) is 10.9. The number of carbonyl (C=O) groups is 2. The minimum Gasteiger partial charge on any atom is -0.354 e. The molecule has 156 valence electrons. The quantitative estimate of drug-likeness (QED) is 0.581. The minimum atomic E-state index is -0.663. The maximum atomic E-state index is 13.2. The topological polar surface area (TPSA) is 49.4 Å². The molecule has 0 aromatic heterocycles. The van der Waals surface area contributed by atoms with Crippen molar-refractivity contribution in [3.8, 4) is 0 Å². The van der Waals surface area contributed by atoms with Gasteiger partial charge in [0.15, 0.2) is 0 Å². The fraction of sp³-hybridized carbons (Fsp3) is 0.364. The van der Waals surface area contributed by atoms with Crippen LogP contribution in [-0.4, -0.2) is 29.3 Å². The highest BCUT2D eigenvalue weighted by atomic mass is 35.5. The summed E-state index contributed by atoms with van der Waals surface area (Å²) < 4.78 is 0. The van der Waals surface area contributed by atoms with Crippen molar-refractivity contribution in [3.63, 3.8) is 0 Å². The van der Waals surface area contributed by atoms with E-state index in [-0.39, 0.29) is 24.8 Å². The number of carbonyl (C=O) groups excluding carboxylic acids is 2. The van der Waals surface area contributed by atoms with E-state index < -0.39 is 6.04 Å². The Hall–Kier alpha value is -1.75. The van der Waals surface area contributed by atoms with Gasteiger partial charge in [0.25, 0.3) is 0 Å². The zero-order chi connectivity index (χ0) is 21.6. The summed E-state index contributed by atoms with van der Waals surface area (Å²) in [6, 6.07) is 11.6. The standard InChI is InChI=1S/C22H25Cl3N2O2/c1-14(2)12-26-22(29)15(3)27(13-17-6-4-5-7-19(17)24)21(28)10-16-8-9-18(23)11-20(16)25/h4-9,11,14-15H,10,12-13H2,1-3H3,(H,26,29)/t15-/m1/s1. The molecular formula is C22H25Cl3N2O2. The van der Waals surface area contributed by atoms with Crippen LogP contribution in [0.3, 0.4) is 0 Å². The highest BCUT2D eigenvalue weighted by molar-refractivity contribution is 6.35. The molecule has 2 rings (SSSR count). The molecule has 29 heavy (non-hydrogen) atoms. The number of rotatable bonds is 8. The Labute approximate surface area is 187 Å². The number of hydrogen-bond donors (Lipinski definition) is 1. The van der Waals surface area contributed by atoms with E-state index in [9.17, 15) is 9.59 Å². The molecule has 0 aliphatic rings. The summed E-state index contributed by atoms with van der Waals surface area (Å²) >= 11 is 18.5. The zero-order valence-electron chi connectivity index (χ0n) is 16.7. The molecule has 0 heterocycles. The van der Waals surface area contributed by atoms with Crippen LogP contribution < -0.4 is 5.32 Å². The maximum absolute atomic E-state index is 13.2. The minimum absolute atomic E-state index is 0.0578. The van der Waals surface area contributed by atoms with E-state index in [0.717, 1.165) is 5.56 Å². The molecule has 2 aromatic carbocycles. The largest absolute Gasteiger partial charge is 0.354 e. The first-order valence-corrected chi connectivity index (χ1v) is 10.6. The van der Waals surface area contributed by atoms with Crippen LogP contribution in [0.25, 0.3) is 0 Å². The number of hydrogen-bond acceptors (Lipinski definition) is 2. The SMILES string of the molecule is CC(C)CNC(=O)[C@@H](C)N(Cc1ccccc1Cl)C(=O)Cc1ccc(Cl)cc1Cl. The van der Waals surface area contributed by atoms with E-state index in [2.05, 4.69) is 5.32 Å². The molecule has 2 amide bonds. The third-order valence-corrected chi connectivity index (χ3v) is 5.46. The van der Waals surface area contributed by atoms with Gasteiger partial charge in [0.1, 0.15) is 6.04 Å². The van der Waals surface area contributed by atoms with Gasteiger partial charge in [-0.3, -0.25) is 9.59 Å². The van der Waals surface area contributed by atoms with Crippen molar-refractivity contribution in [3.05, 3.63) is 68.7 Å². The summed E-state index contributed by atoms with van der Waals surface area (Å²) in [5, 5.41) is 4.35. The van der Waals surface area contributed by atoms with Crippen molar-refractivity contribution >= 4 is 46.6 Å². The second-order valence-electron chi connectivity index (χ2n) is 7.34. The van der Waals surface area contributed by atoms with Crippen LogP contribution in [0.15, 0.2) is 42.5 Å².